The Morgan fingerprint density at radius 1 is 0.549 bits per heavy atom. The van der Waals surface area contributed by atoms with Crippen LogP contribution in [0.5, 0.6) is 46.0 Å². The number of rotatable bonds is 8. The van der Waals surface area contributed by atoms with Crippen LogP contribution in [0.2, 0.25) is 0 Å². The molecule has 1 saturated carbocycles. The van der Waals surface area contributed by atoms with Crippen LogP contribution in [-0.2, 0) is 14.2 Å². The number of aromatic hydroxyl groups is 4. The van der Waals surface area contributed by atoms with Crippen molar-refractivity contribution in [1.29, 1.82) is 0 Å². The van der Waals surface area contributed by atoms with Crippen LogP contribution in [0.4, 0.5) is 0 Å². The summed E-state index contributed by atoms with van der Waals surface area (Å²) in [5.41, 5.74) is 1.56. The number of methoxy groups -OCH3 is 4. The minimum absolute atomic E-state index is 0.00350. The first-order chi connectivity index (χ1) is 24.5. The summed E-state index contributed by atoms with van der Waals surface area (Å²) in [7, 11) is 6.00. The summed E-state index contributed by atoms with van der Waals surface area (Å²) >= 11 is 0. The van der Waals surface area contributed by atoms with Crippen molar-refractivity contribution in [3.8, 4) is 46.0 Å². The van der Waals surface area contributed by atoms with Crippen molar-refractivity contribution in [1.82, 2.24) is 0 Å². The average Bonchev–Trinajstić information content (AvgIpc) is 3.63. The summed E-state index contributed by atoms with van der Waals surface area (Å²) in [6.07, 6.45) is -0.642. The van der Waals surface area contributed by atoms with E-state index in [-0.39, 0.29) is 23.0 Å². The predicted molar refractivity (Wildman–Crippen MR) is 184 cm³/mol. The minimum atomic E-state index is -0.871. The van der Waals surface area contributed by atoms with Gasteiger partial charge in [0.25, 0.3) is 0 Å². The molecule has 0 radical (unpaired) electrons. The second kappa shape index (κ2) is 11.7. The molecule has 4 fully saturated rings. The zero-order valence-electron chi connectivity index (χ0n) is 28.7. The molecule has 51 heavy (non-hydrogen) atoms. The summed E-state index contributed by atoms with van der Waals surface area (Å²) in [6, 6.07) is 20.8. The van der Waals surface area contributed by atoms with E-state index in [4.69, 9.17) is 39.7 Å². The maximum Gasteiger partial charge on any atom is 0.160 e. The van der Waals surface area contributed by atoms with Crippen molar-refractivity contribution in [3.63, 3.8) is 0 Å². The monoisotopic (exact) mass is 696 g/mol. The van der Waals surface area contributed by atoms with Crippen LogP contribution in [0.1, 0.15) is 65.9 Å². The second-order valence-corrected chi connectivity index (χ2v) is 13.8. The molecule has 11 nitrogen and oxygen atoms in total. The lowest BCUT2D eigenvalue weighted by Gasteiger charge is -2.42. The van der Waals surface area contributed by atoms with Gasteiger partial charge in [-0.15, -0.1) is 0 Å². The van der Waals surface area contributed by atoms with Gasteiger partial charge in [-0.25, -0.2) is 0 Å². The summed E-state index contributed by atoms with van der Waals surface area (Å²) in [5, 5.41) is 42.2. The Hall–Kier alpha value is -5.10. The van der Waals surface area contributed by atoms with Crippen LogP contribution >= 0.6 is 0 Å². The van der Waals surface area contributed by atoms with Crippen molar-refractivity contribution in [3.05, 3.63) is 107 Å². The van der Waals surface area contributed by atoms with E-state index in [1.807, 2.05) is 18.2 Å². The molecular weight excluding hydrogens is 656 g/mol. The summed E-state index contributed by atoms with van der Waals surface area (Å²) in [6.45, 7) is 4.70. The highest BCUT2D eigenvalue weighted by Crippen LogP contribution is 2.80. The van der Waals surface area contributed by atoms with E-state index >= 15 is 0 Å². The molecule has 0 amide bonds. The van der Waals surface area contributed by atoms with E-state index in [1.165, 1.54) is 28.4 Å². The molecule has 0 aromatic heterocycles. The number of epoxide rings is 1. The Morgan fingerprint density at radius 2 is 1.04 bits per heavy atom. The van der Waals surface area contributed by atoms with Gasteiger partial charge < -0.3 is 53.6 Å². The fourth-order valence-corrected chi connectivity index (χ4v) is 8.93. The zero-order chi connectivity index (χ0) is 35.9. The number of phenols is 4. The van der Waals surface area contributed by atoms with Crippen LogP contribution in [0.15, 0.2) is 84.9 Å². The molecule has 8 rings (SSSR count). The number of hydrogen-bond donors (Lipinski definition) is 4. The highest BCUT2D eigenvalue weighted by molar-refractivity contribution is 5.53. The van der Waals surface area contributed by atoms with E-state index in [2.05, 4.69) is 0 Å². The van der Waals surface area contributed by atoms with Gasteiger partial charge in [0, 0.05) is 5.41 Å². The summed E-state index contributed by atoms with van der Waals surface area (Å²) in [5.74, 6) is 1.30. The Labute approximate surface area is 295 Å². The van der Waals surface area contributed by atoms with E-state index < -0.39 is 41.0 Å². The molecule has 4 aromatic carbocycles. The van der Waals surface area contributed by atoms with E-state index in [1.54, 1.807) is 54.6 Å². The first-order valence-corrected chi connectivity index (χ1v) is 16.7. The van der Waals surface area contributed by atoms with Gasteiger partial charge in [-0.1, -0.05) is 30.8 Å². The second-order valence-electron chi connectivity index (χ2n) is 13.8. The van der Waals surface area contributed by atoms with Gasteiger partial charge in [-0.3, -0.25) is 0 Å². The zero-order valence-corrected chi connectivity index (χ0v) is 28.7. The van der Waals surface area contributed by atoms with Gasteiger partial charge in [-0.05, 0) is 95.6 Å². The third kappa shape index (κ3) is 4.68. The Bertz CT molecular complexity index is 2050. The van der Waals surface area contributed by atoms with Crippen LogP contribution < -0.4 is 18.9 Å². The van der Waals surface area contributed by atoms with E-state index in [0.717, 1.165) is 27.8 Å². The normalized spacial score (nSPS) is 30.5. The molecule has 4 N–H and O–H groups in total. The third-order valence-electron chi connectivity index (χ3n) is 11.4. The summed E-state index contributed by atoms with van der Waals surface area (Å²) < 4.78 is 42.8. The van der Waals surface area contributed by atoms with Crippen molar-refractivity contribution in [2.24, 2.45) is 5.41 Å². The molecule has 7 atom stereocenters. The molecule has 3 saturated heterocycles. The molecule has 4 aliphatic rings. The maximum absolute atomic E-state index is 10.9. The van der Waals surface area contributed by atoms with Crippen LogP contribution in [-0.4, -0.2) is 60.1 Å². The topological polar surface area (TPSA) is 149 Å². The van der Waals surface area contributed by atoms with Gasteiger partial charge in [-0.2, -0.15) is 0 Å². The summed E-state index contributed by atoms with van der Waals surface area (Å²) in [4.78, 5) is 0. The van der Waals surface area contributed by atoms with Crippen molar-refractivity contribution in [2.45, 2.75) is 54.9 Å². The molecule has 1 spiro atoms. The van der Waals surface area contributed by atoms with Crippen LogP contribution in [0.3, 0.4) is 0 Å². The number of phenolic OH excluding ortho intramolecular Hbond substituents is 4. The standard InChI is InChI=1S/C40H40O11/c1-21-34(22-6-10-26(41)31(17-22)46-3)49-35(23-9-13-30(45-2)29(44)16-23)38(21)14-15-39-36(24-7-11-27(42)32(18-24)47-4)50-37(40(39,20-38)51-39)25-8-12-28(43)33(19-25)48-5/h6-13,16-19,34-37,41-44H,1,14-15,20H2,2-5H3/t34-,35-,36-,37+,38-,39-,40+/m0/s1. The average molecular weight is 697 g/mol. The fourth-order valence-electron chi connectivity index (χ4n) is 8.93. The first-order valence-electron chi connectivity index (χ1n) is 16.7. The number of ether oxygens (including phenoxy) is 7. The van der Waals surface area contributed by atoms with Crippen molar-refractivity contribution < 1.29 is 53.6 Å². The third-order valence-corrected chi connectivity index (χ3v) is 11.4. The fraction of sp³-hybridized carbons (Fsp3) is 0.350. The van der Waals surface area contributed by atoms with Gasteiger partial charge in [0.05, 0.1) is 34.5 Å². The van der Waals surface area contributed by atoms with Gasteiger partial charge in [0.1, 0.15) is 29.5 Å². The molecule has 0 bridgehead atoms. The highest BCUT2D eigenvalue weighted by atomic mass is 16.7. The molecule has 0 unspecified atom stereocenters. The Morgan fingerprint density at radius 3 is 1.59 bits per heavy atom. The lowest BCUT2D eigenvalue weighted by Crippen LogP contribution is -2.43. The molecule has 1 aliphatic carbocycles. The highest BCUT2D eigenvalue weighted by Gasteiger charge is 2.86. The van der Waals surface area contributed by atoms with Gasteiger partial charge >= 0.3 is 0 Å². The molecule has 3 aliphatic heterocycles. The number of benzene rings is 4. The van der Waals surface area contributed by atoms with Gasteiger partial charge in [0.15, 0.2) is 46.0 Å². The lowest BCUT2D eigenvalue weighted by atomic mass is 9.57. The van der Waals surface area contributed by atoms with E-state index in [9.17, 15) is 20.4 Å². The van der Waals surface area contributed by atoms with Crippen LogP contribution in [0, 0.1) is 5.41 Å². The maximum atomic E-state index is 10.9. The molecule has 266 valence electrons. The predicted octanol–water partition coefficient (Wildman–Crippen LogP) is 7.10. The van der Waals surface area contributed by atoms with Crippen molar-refractivity contribution >= 4 is 0 Å². The number of hydrogen-bond acceptors (Lipinski definition) is 11. The SMILES string of the molecule is C=C1[C@@H](c2ccc(O)c(OC)c2)O[C@@H](c2ccc(OC)c(O)c2)[C@]12CC[C@@]13O[C@]1(C2)[C@@H](c1ccc(O)c(OC)c1)O[C@H]3c1ccc(O)c(OC)c1. The lowest BCUT2D eigenvalue weighted by molar-refractivity contribution is -0.0749. The molecule has 3 heterocycles. The largest absolute Gasteiger partial charge is 0.504 e. The van der Waals surface area contributed by atoms with Crippen molar-refractivity contribution in [2.75, 3.05) is 28.4 Å². The smallest absolute Gasteiger partial charge is 0.160 e. The molecular formula is C40H40O11. The van der Waals surface area contributed by atoms with Crippen LogP contribution in [0.25, 0.3) is 0 Å². The Kier molecular flexibility index (Phi) is 7.60. The first kappa shape index (κ1) is 33.1. The Balaban J connectivity index is 1.27. The van der Waals surface area contributed by atoms with E-state index in [0.29, 0.717) is 42.3 Å². The molecule has 11 heteroatoms. The van der Waals surface area contributed by atoms with Gasteiger partial charge in [0.2, 0.25) is 0 Å². The minimum Gasteiger partial charge on any atom is -0.504 e. The quantitative estimate of drug-likeness (QED) is 0.110. The molecule has 4 aromatic rings.